The molecule has 0 radical (unpaired) electrons. The first-order valence-corrected chi connectivity index (χ1v) is 7.34. The van der Waals surface area contributed by atoms with Gasteiger partial charge in [-0.2, -0.15) is 0 Å². The van der Waals surface area contributed by atoms with Crippen LogP contribution in [0, 0.1) is 6.92 Å². The molecule has 0 saturated carbocycles. The molecule has 2 nitrogen and oxygen atoms in total. The minimum atomic E-state index is -0.0164. The molecule has 4 heteroatoms. The Morgan fingerprint density at radius 3 is 2.33 bits per heavy atom. The summed E-state index contributed by atoms with van der Waals surface area (Å²) in [4.78, 5) is 12.3. The third-order valence-electron chi connectivity index (χ3n) is 3.53. The Hall–Kier alpha value is -1.77. The van der Waals surface area contributed by atoms with Gasteiger partial charge >= 0.3 is 0 Å². The third kappa shape index (κ3) is 2.82. The molecule has 3 rings (SSSR count). The molecule has 0 aliphatic rings. The van der Waals surface area contributed by atoms with Gasteiger partial charge in [-0.15, -0.1) is 0 Å². The van der Waals surface area contributed by atoms with Crippen LogP contribution in [-0.4, -0.2) is 4.57 Å². The first kappa shape index (κ1) is 14.2. The predicted octanol–water partition coefficient (Wildman–Crippen LogP) is 4.67. The van der Waals surface area contributed by atoms with Crippen LogP contribution in [0.2, 0.25) is 10.0 Å². The average molecular weight is 318 g/mol. The number of pyridine rings is 1. The molecular weight excluding hydrogens is 305 g/mol. The third-order valence-corrected chi connectivity index (χ3v) is 4.02. The van der Waals surface area contributed by atoms with Crippen molar-refractivity contribution in [2.75, 3.05) is 0 Å². The lowest BCUT2D eigenvalue weighted by Crippen LogP contribution is -2.20. The van der Waals surface area contributed by atoms with Crippen molar-refractivity contribution < 1.29 is 0 Å². The van der Waals surface area contributed by atoms with E-state index in [1.165, 1.54) is 0 Å². The summed E-state index contributed by atoms with van der Waals surface area (Å²) in [6.07, 6.45) is 0. The Labute approximate surface area is 132 Å². The highest BCUT2D eigenvalue weighted by Crippen LogP contribution is 2.22. The zero-order chi connectivity index (χ0) is 15.0. The van der Waals surface area contributed by atoms with Gasteiger partial charge in [-0.25, -0.2) is 0 Å². The van der Waals surface area contributed by atoms with Crippen molar-refractivity contribution in [2.45, 2.75) is 13.5 Å². The van der Waals surface area contributed by atoms with Crippen molar-refractivity contribution in [2.24, 2.45) is 0 Å². The van der Waals surface area contributed by atoms with Crippen LogP contribution in [0.4, 0.5) is 0 Å². The topological polar surface area (TPSA) is 22.0 Å². The van der Waals surface area contributed by atoms with Crippen LogP contribution in [0.1, 0.15) is 11.1 Å². The van der Waals surface area contributed by atoms with E-state index in [0.717, 1.165) is 22.0 Å². The summed E-state index contributed by atoms with van der Waals surface area (Å²) in [6.45, 7) is 2.43. The summed E-state index contributed by atoms with van der Waals surface area (Å²) >= 11 is 12.0. The fourth-order valence-corrected chi connectivity index (χ4v) is 2.75. The van der Waals surface area contributed by atoms with Gasteiger partial charge in [-0.1, -0.05) is 35.3 Å². The lowest BCUT2D eigenvalue weighted by Gasteiger charge is -2.12. The Morgan fingerprint density at radius 1 is 0.952 bits per heavy atom. The molecule has 1 heterocycles. The van der Waals surface area contributed by atoms with Crippen molar-refractivity contribution in [3.05, 3.63) is 80.1 Å². The van der Waals surface area contributed by atoms with Crippen molar-refractivity contribution in [3.8, 4) is 0 Å². The summed E-state index contributed by atoms with van der Waals surface area (Å²) in [5.41, 5.74) is 2.84. The number of rotatable bonds is 2. The van der Waals surface area contributed by atoms with Crippen LogP contribution in [0.15, 0.2) is 53.3 Å². The minimum Gasteiger partial charge on any atom is -0.304 e. The number of nitrogens with zero attached hydrogens (tertiary/aromatic N) is 1. The molecule has 0 N–H and O–H groups in total. The monoisotopic (exact) mass is 317 g/mol. The van der Waals surface area contributed by atoms with Gasteiger partial charge in [0.1, 0.15) is 0 Å². The van der Waals surface area contributed by atoms with Crippen molar-refractivity contribution in [1.82, 2.24) is 4.57 Å². The van der Waals surface area contributed by atoms with Crippen LogP contribution in [0.25, 0.3) is 10.9 Å². The molecular formula is C17H13Cl2NO. The van der Waals surface area contributed by atoms with Crippen molar-refractivity contribution >= 4 is 34.1 Å². The second-order valence-electron chi connectivity index (χ2n) is 5.04. The highest BCUT2D eigenvalue weighted by Gasteiger charge is 2.07. The molecule has 0 atom stereocenters. The highest BCUT2D eigenvalue weighted by molar-refractivity contribution is 6.31. The van der Waals surface area contributed by atoms with Crippen LogP contribution in [-0.2, 0) is 6.54 Å². The fraction of sp³-hybridized carbons (Fsp3) is 0.118. The van der Waals surface area contributed by atoms with E-state index >= 15 is 0 Å². The summed E-state index contributed by atoms with van der Waals surface area (Å²) in [7, 11) is 0. The molecule has 106 valence electrons. The molecule has 0 spiro atoms. The smallest absolute Gasteiger partial charge is 0.251 e. The summed E-state index contributed by atoms with van der Waals surface area (Å²) in [5.74, 6) is 0. The second-order valence-corrected chi connectivity index (χ2v) is 5.91. The Bertz CT molecular complexity index is 866. The van der Waals surface area contributed by atoms with Crippen molar-refractivity contribution in [1.29, 1.82) is 0 Å². The maximum atomic E-state index is 12.3. The zero-order valence-electron chi connectivity index (χ0n) is 11.4. The van der Waals surface area contributed by atoms with Gasteiger partial charge < -0.3 is 4.57 Å². The lowest BCUT2D eigenvalue weighted by atomic mass is 10.1. The maximum Gasteiger partial charge on any atom is 0.251 e. The van der Waals surface area contributed by atoms with Gasteiger partial charge in [0, 0.05) is 21.5 Å². The van der Waals surface area contributed by atoms with E-state index < -0.39 is 0 Å². The Kier molecular flexibility index (Phi) is 3.75. The fourth-order valence-electron chi connectivity index (χ4n) is 2.45. The van der Waals surface area contributed by atoms with E-state index in [-0.39, 0.29) is 5.56 Å². The van der Waals surface area contributed by atoms with Crippen LogP contribution in [0.3, 0.4) is 0 Å². The van der Waals surface area contributed by atoms with Crippen LogP contribution >= 0.6 is 23.2 Å². The summed E-state index contributed by atoms with van der Waals surface area (Å²) < 4.78 is 1.75. The molecule has 21 heavy (non-hydrogen) atoms. The van der Waals surface area contributed by atoms with Gasteiger partial charge in [0.2, 0.25) is 0 Å². The minimum absolute atomic E-state index is 0.0164. The molecule has 1 aromatic heterocycles. The van der Waals surface area contributed by atoms with E-state index in [9.17, 15) is 4.79 Å². The number of halogens is 2. The van der Waals surface area contributed by atoms with Crippen molar-refractivity contribution in [3.63, 3.8) is 0 Å². The number of fused-ring (bicyclic) bond motifs is 1. The first-order valence-electron chi connectivity index (χ1n) is 6.59. The van der Waals surface area contributed by atoms with Gasteiger partial charge in [0.25, 0.3) is 5.56 Å². The second kappa shape index (κ2) is 5.55. The number of benzene rings is 2. The SMILES string of the molecule is Cc1cc(=O)n(Cc2ccc(Cl)cc2)c2ccc(Cl)cc12. The number of hydrogen-bond acceptors (Lipinski definition) is 1. The molecule has 0 aliphatic heterocycles. The van der Waals surface area contributed by atoms with E-state index in [4.69, 9.17) is 23.2 Å². The van der Waals surface area contributed by atoms with E-state index in [1.807, 2.05) is 43.3 Å². The van der Waals surface area contributed by atoms with Gasteiger partial charge in [-0.05, 0) is 48.4 Å². The standard InChI is InChI=1S/C17H13Cl2NO/c1-11-8-17(21)20(10-12-2-4-13(18)5-3-12)16-7-6-14(19)9-15(11)16/h2-9H,10H2,1H3. The molecule has 0 bridgehead atoms. The largest absolute Gasteiger partial charge is 0.304 e. The lowest BCUT2D eigenvalue weighted by molar-refractivity contribution is 0.793. The number of aryl methyl sites for hydroxylation is 1. The normalized spacial score (nSPS) is 11.0. The van der Waals surface area contributed by atoms with E-state index in [2.05, 4.69) is 0 Å². The molecule has 0 unspecified atom stereocenters. The predicted molar refractivity (Wildman–Crippen MR) is 88.5 cm³/mol. The quantitative estimate of drug-likeness (QED) is 0.673. The van der Waals surface area contributed by atoms with Crippen LogP contribution < -0.4 is 5.56 Å². The summed E-state index contributed by atoms with van der Waals surface area (Å²) in [5, 5.41) is 2.35. The number of aromatic nitrogens is 1. The molecule has 0 fully saturated rings. The molecule has 3 aromatic rings. The first-order chi connectivity index (χ1) is 10.0. The van der Waals surface area contributed by atoms with Crippen LogP contribution in [0.5, 0.6) is 0 Å². The highest BCUT2D eigenvalue weighted by atomic mass is 35.5. The molecule has 2 aromatic carbocycles. The Balaban J connectivity index is 2.17. The Morgan fingerprint density at radius 2 is 1.62 bits per heavy atom. The zero-order valence-corrected chi connectivity index (χ0v) is 12.9. The van der Waals surface area contributed by atoms with Gasteiger partial charge in [0.15, 0.2) is 0 Å². The van der Waals surface area contributed by atoms with Gasteiger partial charge in [0.05, 0.1) is 12.1 Å². The number of hydrogen-bond donors (Lipinski definition) is 0. The van der Waals surface area contributed by atoms with E-state index in [0.29, 0.717) is 16.6 Å². The van der Waals surface area contributed by atoms with Gasteiger partial charge in [-0.3, -0.25) is 4.79 Å². The van der Waals surface area contributed by atoms with E-state index in [1.54, 1.807) is 16.7 Å². The maximum absolute atomic E-state index is 12.3. The summed E-state index contributed by atoms with van der Waals surface area (Å²) in [6, 6.07) is 14.7. The average Bonchev–Trinajstić information content (AvgIpc) is 2.46. The molecule has 0 saturated heterocycles. The molecule has 0 aliphatic carbocycles. The molecule has 0 amide bonds.